The zero-order valence-electron chi connectivity index (χ0n) is 11.2. The Labute approximate surface area is 104 Å². The molecule has 1 aliphatic heterocycles. The number of hydrogen-bond donors (Lipinski definition) is 0. The molecule has 94 valence electrons. The van der Waals surface area contributed by atoms with Gasteiger partial charge in [-0.25, -0.2) is 9.97 Å². The first-order valence-corrected chi connectivity index (χ1v) is 6.56. The molecule has 1 fully saturated rings. The topological polar surface area (TPSA) is 29.0 Å². The Balaban J connectivity index is 1.99. The second-order valence-electron chi connectivity index (χ2n) is 5.87. The van der Waals surface area contributed by atoms with Crippen LogP contribution in [0.5, 0.6) is 0 Å². The average molecular weight is 233 g/mol. The Hall–Kier alpha value is -0.960. The van der Waals surface area contributed by atoms with E-state index in [1.807, 2.05) is 12.4 Å². The number of hydrogen-bond acceptors (Lipinski definition) is 3. The van der Waals surface area contributed by atoms with E-state index in [1.54, 1.807) is 6.33 Å². The van der Waals surface area contributed by atoms with Gasteiger partial charge in [0.05, 0.1) is 0 Å². The highest BCUT2D eigenvalue weighted by Gasteiger charge is 2.33. The van der Waals surface area contributed by atoms with Crippen molar-refractivity contribution in [1.29, 1.82) is 0 Å². The van der Waals surface area contributed by atoms with Crippen LogP contribution in [-0.2, 0) is 6.54 Å². The fourth-order valence-corrected chi connectivity index (χ4v) is 2.65. The molecule has 1 saturated heterocycles. The molecule has 0 bridgehead atoms. The van der Waals surface area contributed by atoms with Crippen molar-refractivity contribution in [2.75, 3.05) is 13.1 Å². The third-order valence-electron chi connectivity index (χ3n) is 4.22. The normalized spacial score (nSPS) is 26.4. The maximum absolute atomic E-state index is 4.08. The SMILES string of the molecule is CC(C)C1(C)CCCN(Cc2cncnc2)C1. The molecule has 0 aliphatic carbocycles. The highest BCUT2D eigenvalue weighted by Crippen LogP contribution is 2.36. The van der Waals surface area contributed by atoms with Crippen LogP contribution in [0.15, 0.2) is 18.7 Å². The lowest BCUT2D eigenvalue weighted by Gasteiger charge is -2.43. The fraction of sp³-hybridized carbons (Fsp3) is 0.714. The summed E-state index contributed by atoms with van der Waals surface area (Å²) < 4.78 is 0. The van der Waals surface area contributed by atoms with Crippen molar-refractivity contribution in [3.8, 4) is 0 Å². The molecule has 0 spiro atoms. The van der Waals surface area contributed by atoms with Crippen LogP contribution in [0.3, 0.4) is 0 Å². The molecular weight excluding hydrogens is 210 g/mol. The highest BCUT2D eigenvalue weighted by molar-refractivity contribution is 5.02. The van der Waals surface area contributed by atoms with Gasteiger partial charge in [0.15, 0.2) is 0 Å². The van der Waals surface area contributed by atoms with Gasteiger partial charge < -0.3 is 0 Å². The molecule has 2 heterocycles. The van der Waals surface area contributed by atoms with Gasteiger partial charge in [-0.1, -0.05) is 20.8 Å². The third kappa shape index (κ3) is 3.03. The molecular formula is C14H23N3. The van der Waals surface area contributed by atoms with Crippen molar-refractivity contribution in [1.82, 2.24) is 14.9 Å². The number of aromatic nitrogens is 2. The summed E-state index contributed by atoms with van der Waals surface area (Å²) in [4.78, 5) is 10.7. The Kier molecular flexibility index (Phi) is 3.77. The highest BCUT2D eigenvalue weighted by atomic mass is 15.1. The van der Waals surface area contributed by atoms with Crippen LogP contribution in [0.1, 0.15) is 39.2 Å². The monoisotopic (exact) mass is 233 g/mol. The quantitative estimate of drug-likeness (QED) is 0.804. The van der Waals surface area contributed by atoms with E-state index in [2.05, 4.69) is 35.6 Å². The van der Waals surface area contributed by atoms with E-state index in [1.165, 1.54) is 31.5 Å². The van der Waals surface area contributed by atoms with E-state index < -0.39 is 0 Å². The van der Waals surface area contributed by atoms with Crippen LogP contribution >= 0.6 is 0 Å². The van der Waals surface area contributed by atoms with Gasteiger partial charge in [0.1, 0.15) is 6.33 Å². The molecule has 0 saturated carbocycles. The molecule has 1 unspecified atom stereocenters. The van der Waals surface area contributed by atoms with Crippen molar-refractivity contribution >= 4 is 0 Å². The Morgan fingerprint density at radius 2 is 2.06 bits per heavy atom. The summed E-state index contributed by atoms with van der Waals surface area (Å²) in [5.74, 6) is 0.748. The summed E-state index contributed by atoms with van der Waals surface area (Å²) >= 11 is 0. The van der Waals surface area contributed by atoms with Gasteiger partial charge in [0, 0.05) is 31.0 Å². The predicted octanol–water partition coefficient (Wildman–Crippen LogP) is 2.73. The van der Waals surface area contributed by atoms with Gasteiger partial charge in [-0.3, -0.25) is 4.90 Å². The van der Waals surface area contributed by atoms with E-state index >= 15 is 0 Å². The van der Waals surface area contributed by atoms with Crippen molar-refractivity contribution < 1.29 is 0 Å². The van der Waals surface area contributed by atoms with Crippen LogP contribution in [0, 0.1) is 11.3 Å². The average Bonchev–Trinajstić information content (AvgIpc) is 2.30. The first kappa shape index (κ1) is 12.5. The van der Waals surface area contributed by atoms with Crippen molar-refractivity contribution in [2.24, 2.45) is 11.3 Å². The molecule has 1 atom stereocenters. The standard InChI is InChI=1S/C14H23N3/c1-12(2)14(3)5-4-6-17(10-14)9-13-7-15-11-16-8-13/h7-8,11-12H,4-6,9-10H2,1-3H3. The van der Waals surface area contributed by atoms with E-state index in [0.717, 1.165) is 12.5 Å². The maximum Gasteiger partial charge on any atom is 0.115 e. The van der Waals surface area contributed by atoms with Gasteiger partial charge in [0.2, 0.25) is 0 Å². The second kappa shape index (κ2) is 5.13. The minimum Gasteiger partial charge on any atom is -0.298 e. The first-order valence-electron chi connectivity index (χ1n) is 6.56. The molecule has 1 aromatic heterocycles. The third-order valence-corrected chi connectivity index (χ3v) is 4.22. The van der Waals surface area contributed by atoms with Gasteiger partial charge in [-0.2, -0.15) is 0 Å². The first-order chi connectivity index (χ1) is 8.10. The van der Waals surface area contributed by atoms with Crippen LogP contribution in [0.2, 0.25) is 0 Å². The second-order valence-corrected chi connectivity index (χ2v) is 5.87. The summed E-state index contributed by atoms with van der Waals surface area (Å²) in [5, 5.41) is 0. The molecule has 0 aromatic carbocycles. The Morgan fingerprint density at radius 3 is 2.71 bits per heavy atom. The van der Waals surface area contributed by atoms with Gasteiger partial charge in [-0.15, -0.1) is 0 Å². The molecule has 17 heavy (non-hydrogen) atoms. The summed E-state index contributed by atoms with van der Waals surface area (Å²) in [6, 6.07) is 0. The van der Waals surface area contributed by atoms with Crippen LogP contribution in [0.25, 0.3) is 0 Å². The lowest BCUT2D eigenvalue weighted by Crippen LogP contribution is -2.43. The smallest absolute Gasteiger partial charge is 0.115 e. The molecule has 1 aromatic rings. The molecule has 1 aliphatic rings. The zero-order chi connectivity index (χ0) is 12.3. The fourth-order valence-electron chi connectivity index (χ4n) is 2.65. The lowest BCUT2D eigenvalue weighted by molar-refractivity contribution is 0.0587. The van der Waals surface area contributed by atoms with Crippen LogP contribution in [-0.4, -0.2) is 28.0 Å². The molecule has 0 radical (unpaired) electrons. The number of rotatable bonds is 3. The summed E-state index contributed by atoms with van der Waals surface area (Å²) in [7, 11) is 0. The van der Waals surface area contributed by atoms with Gasteiger partial charge in [-0.05, 0) is 30.7 Å². The lowest BCUT2D eigenvalue weighted by atomic mass is 9.73. The Morgan fingerprint density at radius 1 is 1.35 bits per heavy atom. The molecule has 3 heteroatoms. The minimum absolute atomic E-state index is 0.466. The minimum atomic E-state index is 0.466. The van der Waals surface area contributed by atoms with E-state index in [-0.39, 0.29) is 0 Å². The van der Waals surface area contributed by atoms with E-state index in [4.69, 9.17) is 0 Å². The van der Waals surface area contributed by atoms with Crippen molar-refractivity contribution in [3.05, 3.63) is 24.3 Å². The summed E-state index contributed by atoms with van der Waals surface area (Å²) in [5.41, 5.74) is 1.69. The summed E-state index contributed by atoms with van der Waals surface area (Å²) in [6.45, 7) is 10.5. The van der Waals surface area contributed by atoms with Gasteiger partial charge >= 0.3 is 0 Å². The summed E-state index contributed by atoms with van der Waals surface area (Å²) in [6.07, 6.45) is 8.11. The number of nitrogens with zero attached hydrogens (tertiary/aromatic N) is 3. The maximum atomic E-state index is 4.08. The largest absolute Gasteiger partial charge is 0.298 e. The van der Waals surface area contributed by atoms with E-state index in [0.29, 0.717) is 5.41 Å². The Bertz CT molecular complexity index is 350. The molecule has 3 nitrogen and oxygen atoms in total. The zero-order valence-corrected chi connectivity index (χ0v) is 11.2. The molecule has 0 N–H and O–H groups in total. The van der Waals surface area contributed by atoms with E-state index in [9.17, 15) is 0 Å². The van der Waals surface area contributed by atoms with Crippen LogP contribution < -0.4 is 0 Å². The predicted molar refractivity (Wildman–Crippen MR) is 69.5 cm³/mol. The number of likely N-dealkylation sites (tertiary alicyclic amines) is 1. The molecule has 2 rings (SSSR count). The van der Waals surface area contributed by atoms with Crippen molar-refractivity contribution in [3.63, 3.8) is 0 Å². The van der Waals surface area contributed by atoms with Crippen molar-refractivity contribution in [2.45, 2.75) is 40.2 Å². The number of piperidine rings is 1. The van der Waals surface area contributed by atoms with Gasteiger partial charge in [0.25, 0.3) is 0 Å². The van der Waals surface area contributed by atoms with Crippen LogP contribution in [0.4, 0.5) is 0 Å². The molecule has 0 amide bonds.